The Morgan fingerprint density at radius 1 is 1.53 bits per heavy atom. The van der Waals surface area contributed by atoms with Gasteiger partial charge in [-0.25, -0.2) is 0 Å². The Morgan fingerprint density at radius 3 is 2.87 bits per heavy atom. The van der Waals surface area contributed by atoms with Gasteiger partial charge in [-0.05, 0) is 18.6 Å². The molecule has 15 heavy (non-hydrogen) atoms. The molecular formula is C10H21ClN2OS. The average molecular weight is 253 g/mol. The Bertz CT molecular complexity index is 192. The molecule has 1 fully saturated rings. The van der Waals surface area contributed by atoms with E-state index in [0.717, 1.165) is 25.3 Å². The van der Waals surface area contributed by atoms with Crippen molar-refractivity contribution in [2.24, 2.45) is 5.73 Å². The second-order valence-corrected chi connectivity index (χ2v) is 5.19. The van der Waals surface area contributed by atoms with Crippen LogP contribution in [-0.4, -0.2) is 41.4 Å². The zero-order valence-electron chi connectivity index (χ0n) is 9.28. The summed E-state index contributed by atoms with van der Waals surface area (Å²) < 4.78 is 0. The molecule has 3 nitrogen and oxygen atoms in total. The van der Waals surface area contributed by atoms with Crippen molar-refractivity contribution in [1.29, 1.82) is 0 Å². The average Bonchev–Trinajstić information content (AvgIpc) is 2.43. The molecule has 0 aromatic carbocycles. The van der Waals surface area contributed by atoms with E-state index in [4.69, 9.17) is 5.73 Å². The third-order valence-corrected chi connectivity index (χ3v) is 3.75. The van der Waals surface area contributed by atoms with Gasteiger partial charge < -0.3 is 10.6 Å². The lowest BCUT2D eigenvalue weighted by Gasteiger charge is -2.23. The highest BCUT2D eigenvalue weighted by Gasteiger charge is 2.20. The van der Waals surface area contributed by atoms with E-state index >= 15 is 0 Å². The lowest BCUT2D eigenvalue weighted by molar-refractivity contribution is -0.129. The van der Waals surface area contributed by atoms with Gasteiger partial charge in [-0.15, -0.1) is 12.4 Å². The number of thioether (sulfide) groups is 1. The predicted octanol–water partition coefficient (Wildman–Crippen LogP) is 1.50. The highest BCUT2D eigenvalue weighted by molar-refractivity contribution is 7.99. The maximum Gasteiger partial charge on any atom is 0.236 e. The number of likely N-dealkylation sites (tertiary alicyclic amines) is 1. The standard InChI is InChI=1S/C10H20N2OS.ClH/c1-2-14-9-5-3-4-6-12(8-9)10(13)7-11;/h9H,2-8,11H2,1H3;1H. The van der Waals surface area contributed by atoms with Crippen molar-refractivity contribution in [3.63, 3.8) is 0 Å². The van der Waals surface area contributed by atoms with Crippen molar-refractivity contribution in [3.8, 4) is 0 Å². The van der Waals surface area contributed by atoms with Crippen molar-refractivity contribution < 1.29 is 4.79 Å². The molecule has 0 spiro atoms. The van der Waals surface area contributed by atoms with Crippen molar-refractivity contribution in [1.82, 2.24) is 4.90 Å². The first-order valence-electron chi connectivity index (χ1n) is 5.37. The van der Waals surface area contributed by atoms with Crippen LogP contribution in [0.25, 0.3) is 0 Å². The molecule has 1 atom stereocenters. The Hall–Kier alpha value is 0.0700. The molecule has 1 heterocycles. The molecule has 1 saturated heterocycles. The highest BCUT2D eigenvalue weighted by atomic mass is 35.5. The number of carbonyl (C=O) groups is 1. The Morgan fingerprint density at radius 2 is 2.27 bits per heavy atom. The smallest absolute Gasteiger partial charge is 0.236 e. The van der Waals surface area contributed by atoms with Crippen LogP contribution in [0.5, 0.6) is 0 Å². The summed E-state index contributed by atoms with van der Waals surface area (Å²) in [7, 11) is 0. The van der Waals surface area contributed by atoms with Crippen molar-refractivity contribution in [3.05, 3.63) is 0 Å². The van der Waals surface area contributed by atoms with Crippen LogP contribution in [0.15, 0.2) is 0 Å². The molecule has 90 valence electrons. The molecule has 1 aliphatic heterocycles. The van der Waals surface area contributed by atoms with Gasteiger partial charge in [0.25, 0.3) is 0 Å². The molecule has 1 amide bonds. The molecule has 0 aromatic heterocycles. The third-order valence-electron chi connectivity index (χ3n) is 2.56. The van der Waals surface area contributed by atoms with Crippen LogP contribution in [0.3, 0.4) is 0 Å². The molecule has 2 N–H and O–H groups in total. The molecule has 5 heteroatoms. The predicted molar refractivity (Wildman–Crippen MR) is 68.7 cm³/mol. The van der Waals surface area contributed by atoms with Crippen LogP contribution in [0.4, 0.5) is 0 Å². The minimum Gasteiger partial charge on any atom is -0.340 e. The molecule has 1 rings (SSSR count). The first-order valence-corrected chi connectivity index (χ1v) is 6.42. The normalized spacial score (nSPS) is 21.7. The maximum absolute atomic E-state index is 11.5. The van der Waals surface area contributed by atoms with Gasteiger partial charge in [-0.2, -0.15) is 11.8 Å². The van der Waals surface area contributed by atoms with Gasteiger partial charge in [0.1, 0.15) is 0 Å². The van der Waals surface area contributed by atoms with Gasteiger partial charge in [0.2, 0.25) is 5.91 Å². The minimum atomic E-state index is 0. The molecule has 1 aliphatic rings. The fourth-order valence-electron chi connectivity index (χ4n) is 1.83. The molecule has 0 aromatic rings. The Labute approximate surface area is 103 Å². The summed E-state index contributed by atoms with van der Waals surface area (Å²) in [6, 6.07) is 0. The lowest BCUT2D eigenvalue weighted by atomic mass is 10.2. The first kappa shape index (κ1) is 15.1. The summed E-state index contributed by atoms with van der Waals surface area (Å²) in [6.07, 6.45) is 3.62. The molecule has 0 aliphatic carbocycles. The summed E-state index contributed by atoms with van der Waals surface area (Å²) in [4.78, 5) is 13.4. The number of rotatable bonds is 3. The van der Waals surface area contributed by atoms with Gasteiger partial charge >= 0.3 is 0 Å². The van der Waals surface area contributed by atoms with Crippen LogP contribution in [0.2, 0.25) is 0 Å². The molecule has 0 bridgehead atoms. The van der Waals surface area contributed by atoms with E-state index in [0.29, 0.717) is 5.25 Å². The molecular weight excluding hydrogens is 232 g/mol. The molecule has 1 unspecified atom stereocenters. The lowest BCUT2D eigenvalue weighted by Crippen LogP contribution is -2.39. The van der Waals surface area contributed by atoms with Gasteiger partial charge in [0.05, 0.1) is 6.54 Å². The number of halogens is 1. The summed E-state index contributed by atoms with van der Waals surface area (Å²) in [5, 5.41) is 0.623. The second kappa shape index (κ2) is 8.25. The molecule has 0 radical (unpaired) electrons. The van der Waals surface area contributed by atoms with E-state index in [-0.39, 0.29) is 24.9 Å². The van der Waals surface area contributed by atoms with Crippen molar-refractivity contribution in [2.45, 2.75) is 31.4 Å². The summed E-state index contributed by atoms with van der Waals surface area (Å²) >= 11 is 1.96. The monoisotopic (exact) mass is 252 g/mol. The maximum atomic E-state index is 11.5. The number of amides is 1. The van der Waals surface area contributed by atoms with E-state index < -0.39 is 0 Å². The Balaban J connectivity index is 0.00000196. The van der Waals surface area contributed by atoms with Crippen LogP contribution in [0.1, 0.15) is 26.2 Å². The van der Waals surface area contributed by atoms with Gasteiger partial charge in [-0.3, -0.25) is 4.79 Å². The van der Waals surface area contributed by atoms with Crippen LogP contribution in [-0.2, 0) is 4.79 Å². The quantitative estimate of drug-likeness (QED) is 0.828. The fourth-order valence-corrected chi connectivity index (χ4v) is 2.92. The van der Waals surface area contributed by atoms with E-state index in [1.54, 1.807) is 0 Å². The summed E-state index contributed by atoms with van der Waals surface area (Å²) in [5.74, 6) is 1.24. The number of nitrogens with zero attached hydrogens (tertiary/aromatic N) is 1. The summed E-state index contributed by atoms with van der Waals surface area (Å²) in [6.45, 7) is 4.12. The third kappa shape index (κ3) is 5.09. The molecule has 0 saturated carbocycles. The SMILES string of the molecule is CCSC1CCCCN(C(=O)CN)C1.Cl. The number of hydrogen-bond donors (Lipinski definition) is 1. The van der Waals surface area contributed by atoms with Crippen molar-refractivity contribution >= 4 is 30.1 Å². The highest BCUT2D eigenvalue weighted by Crippen LogP contribution is 2.21. The zero-order valence-corrected chi connectivity index (χ0v) is 10.9. The first-order chi connectivity index (χ1) is 6.77. The van der Waals surface area contributed by atoms with Crippen LogP contribution >= 0.6 is 24.2 Å². The largest absolute Gasteiger partial charge is 0.340 e. The topological polar surface area (TPSA) is 46.3 Å². The van der Waals surface area contributed by atoms with Crippen molar-refractivity contribution in [2.75, 3.05) is 25.4 Å². The second-order valence-electron chi connectivity index (χ2n) is 3.62. The van der Waals surface area contributed by atoms with Crippen LogP contribution < -0.4 is 5.73 Å². The van der Waals surface area contributed by atoms with Gasteiger partial charge in [0.15, 0.2) is 0 Å². The van der Waals surface area contributed by atoms with E-state index in [1.165, 1.54) is 12.8 Å². The van der Waals surface area contributed by atoms with E-state index in [2.05, 4.69) is 6.92 Å². The Kier molecular flexibility index (Phi) is 8.29. The number of nitrogens with two attached hydrogens (primary N) is 1. The zero-order chi connectivity index (χ0) is 10.4. The van der Waals surface area contributed by atoms with Gasteiger partial charge in [0, 0.05) is 18.3 Å². The fraction of sp³-hybridized carbons (Fsp3) is 0.900. The number of hydrogen-bond acceptors (Lipinski definition) is 3. The van der Waals surface area contributed by atoms with E-state index in [9.17, 15) is 4.79 Å². The summed E-state index contributed by atoms with van der Waals surface area (Å²) in [5.41, 5.74) is 5.38. The van der Waals surface area contributed by atoms with E-state index in [1.807, 2.05) is 16.7 Å². The minimum absolute atomic E-state index is 0. The van der Waals surface area contributed by atoms with Crippen LogP contribution in [0, 0.1) is 0 Å². The number of carbonyl (C=O) groups excluding carboxylic acids is 1. The van der Waals surface area contributed by atoms with Gasteiger partial charge in [-0.1, -0.05) is 13.3 Å².